The van der Waals surface area contributed by atoms with Crippen molar-refractivity contribution in [2.24, 2.45) is 0 Å². The molecule has 0 spiro atoms. The molecule has 0 radical (unpaired) electrons. The second kappa shape index (κ2) is 3.06. The van der Waals surface area contributed by atoms with Gasteiger partial charge in [0, 0.05) is 6.20 Å². The van der Waals surface area contributed by atoms with Crippen LogP contribution in [0.25, 0.3) is 0 Å². The summed E-state index contributed by atoms with van der Waals surface area (Å²) >= 11 is 0. The van der Waals surface area contributed by atoms with Crippen LogP contribution in [0, 0.1) is 0 Å². The zero-order valence-electron chi connectivity index (χ0n) is 6.32. The highest BCUT2D eigenvalue weighted by Crippen LogP contribution is 2.27. The maximum Gasteiger partial charge on any atom is 0.516 e. The number of alkyl halides is 3. The SMILES string of the molecule is O=S(=O)(N1C=CC=CC1)C(F)(F)F. The predicted octanol–water partition coefficient (Wildman–Crippen LogP) is 1.22. The first-order valence-electron chi connectivity index (χ1n) is 3.27. The number of sulfonamides is 1. The van der Waals surface area contributed by atoms with Gasteiger partial charge in [-0.05, 0) is 6.08 Å². The highest BCUT2D eigenvalue weighted by molar-refractivity contribution is 7.90. The lowest BCUT2D eigenvalue weighted by Gasteiger charge is -2.21. The van der Waals surface area contributed by atoms with Gasteiger partial charge in [0.05, 0.1) is 6.54 Å². The summed E-state index contributed by atoms with van der Waals surface area (Å²) in [6.07, 6.45) is 4.90. The normalized spacial score (nSPS) is 17.9. The third-order valence-electron chi connectivity index (χ3n) is 1.39. The Kier molecular flexibility index (Phi) is 2.38. The van der Waals surface area contributed by atoms with Gasteiger partial charge < -0.3 is 0 Å². The van der Waals surface area contributed by atoms with E-state index < -0.39 is 15.5 Å². The number of hydrogen-bond donors (Lipinski definition) is 0. The lowest BCUT2D eigenvalue weighted by molar-refractivity contribution is -0.0475. The van der Waals surface area contributed by atoms with Crippen LogP contribution in [-0.2, 0) is 10.0 Å². The topological polar surface area (TPSA) is 37.4 Å². The van der Waals surface area contributed by atoms with E-state index in [2.05, 4.69) is 0 Å². The van der Waals surface area contributed by atoms with Gasteiger partial charge in [-0.1, -0.05) is 12.2 Å². The fourth-order valence-electron chi connectivity index (χ4n) is 0.761. The highest BCUT2D eigenvalue weighted by Gasteiger charge is 2.49. The Bertz CT molecular complexity index is 341. The summed E-state index contributed by atoms with van der Waals surface area (Å²) in [5.74, 6) is 0. The molecule has 0 fully saturated rings. The Balaban J connectivity index is 2.96. The maximum absolute atomic E-state index is 11.9. The van der Waals surface area contributed by atoms with Crippen molar-refractivity contribution in [1.29, 1.82) is 0 Å². The molecule has 0 aliphatic carbocycles. The van der Waals surface area contributed by atoms with Gasteiger partial charge in [-0.3, -0.25) is 4.31 Å². The van der Waals surface area contributed by atoms with Gasteiger partial charge in [-0.2, -0.15) is 21.6 Å². The van der Waals surface area contributed by atoms with Crippen LogP contribution < -0.4 is 0 Å². The number of rotatable bonds is 1. The zero-order chi connectivity index (χ0) is 10.1. The van der Waals surface area contributed by atoms with Crippen molar-refractivity contribution >= 4 is 10.0 Å². The third kappa shape index (κ3) is 1.85. The van der Waals surface area contributed by atoms with E-state index >= 15 is 0 Å². The molecule has 3 nitrogen and oxygen atoms in total. The Hall–Kier alpha value is -0.980. The maximum atomic E-state index is 11.9. The fraction of sp³-hybridized carbons (Fsp3) is 0.333. The molecule has 0 aromatic heterocycles. The molecule has 0 saturated carbocycles. The van der Waals surface area contributed by atoms with Crippen molar-refractivity contribution in [2.45, 2.75) is 5.51 Å². The molecule has 74 valence electrons. The average Bonchev–Trinajstić information content (AvgIpc) is 2.04. The summed E-state index contributed by atoms with van der Waals surface area (Å²) in [7, 11) is -5.20. The van der Waals surface area contributed by atoms with Gasteiger partial charge in [0.25, 0.3) is 0 Å². The van der Waals surface area contributed by atoms with Crippen molar-refractivity contribution < 1.29 is 21.6 Å². The van der Waals surface area contributed by atoms with Gasteiger partial charge >= 0.3 is 15.5 Å². The lowest BCUT2D eigenvalue weighted by Crippen LogP contribution is -2.38. The molecule has 0 N–H and O–H groups in total. The van der Waals surface area contributed by atoms with E-state index in [1.54, 1.807) is 0 Å². The van der Waals surface area contributed by atoms with Gasteiger partial charge in [0.15, 0.2) is 0 Å². The van der Waals surface area contributed by atoms with E-state index in [0.717, 1.165) is 6.20 Å². The van der Waals surface area contributed by atoms with E-state index in [1.165, 1.54) is 18.2 Å². The Morgan fingerprint density at radius 2 is 1.85 bits per heavy atom. The molecule has 0 bridgehead atoms. The van der Waals surface area contributed by atoms with Crippen LogP contribution in [-0.4, -0.2) is 24.8 Å². The molecule has 7 heteroatoms. The molecular weight excluding hydrogens is 207 g/mol. The Labute approximate surface area is 73.2 Å². The van der Waals surface area contributed by atoms with Crippen LogP contribution in [0.4, 0.5) is 13.2 Å². The summed E-state index contributed by atoms with van der Waals surface area (Å²) in [6, 6.07) is 0. The average molecular weight is 213 g/mol. The van der Waals surface area contributed by atoms with E-state index in [4.69, 9.17) is 0 Å². The minimum atomic E-state index is -5.23. The summed E-state index contributed by atoms with van der Waals surface area (Å²) in [5, 5.41) is 0. The molecule has 1 aliphatic rings. The number of hydrogen-bond acceptors (Lipinski definition) is 2. The first-order chi connectivity index (χ1) is 5.86. The molecule has 13 heavy (non-hydrogen) atoms. The van der Waals surface area contributed by atoms with Crippen molar-refractivity contribution in [1.82, 2.24) is 4.31 Å². The number of allylic oxidation sites excluding steroid dienone is 2. The Morgan fingerprint density at radius 1 is 1.23 bits per heavy atom. The zero-order valence-corrected chi connectivity index (χ0v) is 7.14. The Morgan fingerprint density at radius 3 is 2.23 bits per heavy atom. The molecule has 0 atom stereocenters. The quantitative estimate of drug-likeness (QED) is 0.656. The fourth-order valence-corrected chi connectivity index (χ4v) is 1.54. The van der Waals surface area contributed by atoms with Crippen molar-refractivity contribution in [3.8, 4) is 0 Å². The molecule has 0 aromatic rings. The van der Waals surface area contributed by atoms with Crippen molar-refractivity contribution in [3.05, 3.63) is 24.4 Å². The van der Waals surface area contributed by atoms with Crippen LogP contribution in [0.1, 0.15) is 0 Å². The van der Waals surface area contributed by atoms with Gasteiger partial charge in [0.2, 0.25) is 0 Å². The van der Waals surface area contributed by atoms with Gasteiger partial charge in [-0.15, -0.1) is 0 Å². The first-order valence-corrected chi connectivity index (χ1v) is 4.71. The smallest absolute Gasteiger partial charge is 0.266 e. The summed E-state index contributed by atoms with van der Waals surface area (Å²) in [5.41, 5.74) is -5.23. The van der Waals surface area contributed by atoms with Crippen LogP contribution in [0.3, 0.4) is 0 Å². The van der Waals surface area contributed by atoms with Crippen LogP contribution in [0.2, 0.25) is 0 Å². The van der Waals surface area contributed by atoms with E-state index in [1.807, 2.05) is 0 Å². The number of halogens is 3. The molecule has 0 saturated heterocycles. The molecular formula is C6H6F3NO2S. The van der Waals surface area contributed by atoms with E-state index in [9.17, 15) is 21.6 Å². The molecule has 1 heterocycles. The second-order valence-electron chi connectivity index (χ2n) is 2.29. The number of nitrogens with zero attached hydrogens (tertiary/aromatic N) is 1. The third-order valence-corrected chi connectivity index (χ3v) is 2.86. The van der Waals surface area contributed by atoms with E-state index in [0.29, 0.717) is 0 Å². The summed E-state index contributed by atoms with van der Waals surface area (Å²) in [4.78, 5) is 0. The predicted molar refractivity (Wildman–Crippen MR) is 40.0 cm³/mol. The van der Waals surface area contributed by atoms with Crippen LogP contribution in [0.5, 0.6) is 0 Å². The summed E-state index contributed by atoms with van der Waals surface area (Å²) in [6.45, 7) is -0.279. The lowest BCUT2D eigenvalue weighted by atomic mass is 10.4. The van der Waals surface area contributed by atoms with Gasteiger partial charge in [-0.25, -0.2) is 0 Å². The largest absolute Gasteiger partial charge is 0.516 e. The molecule has 1 aliphatic heterocycles. The standard InChI is InChI=1S/C6H6F3NO2S/c7-6(8,9)13(11,12)10-4-2-1-3-5-10/h1-4H,5H2. The van der Waals surface area contributed by atoms with Crippen LogP contribution in [0.15, 0.2) is 24.4 Å². The van der Waals surface area contributed by atoms with Gasteiger partial charge in [0.1, 0.15) is 0 Å². The minimum absolute atomic E-state index is 0.243. The van der Waals surface area contributed by atoms with Crippen LogP contribution >= 0.6 is 0 Å². The molecule has 1 rings (SSSR count). The summed E-state index contributed by atoms with van der Waals surface area (Å²) < 4.78 is 57.5. The monoisotopic (exact) mass is 213 g/mol. The van der Waals surface area contributed by atoms with E-state index in [-0.39, 0.29) is 10.8 Å². The first kappa shape index (κ1) is 10.1. The van der Waals surface area contributed by atoms with Crippen molar-refractivity contribution in [2.75, 3.05) is 6.54 Å². The highest BCUT2D eigenvalue weighted by atomic mass is 32.2. The van der Waals surface area contributed by atoms with Crippen molar-refractivity contribution in [3.63, 3.8) is 0 Å². The second-order valence-corrected chi connectivity index (χ2v) is 4.17. The minimum Gasteiger partial charge on any atom is -0.266 e. The molecule has 0 aromatic carbocycles. The molecule has 0 unspecified atom stereocenters. The molecule has 0 amide bonds.